The van der Waals surface area contributed by atoms with Crippen molar-refractivity contribution in [2.45, 2.75) is 173 Å². The molecule has 2 aromatic carbocycles. The van der Waals surface area contributed by atoms with E-state index in [9.17, 15) is 26.4 Å². The minimum atomic E-state index is -3.23. The molecule has 17 heteroatoms. The Morgan fingerprint density at radius 3 is 1.29 bits per heavy atom. The number of nitrogens with one attached hydrogen (secondary N) is 1. The second-order valence-electron chi connectivity index (χ2n) is 19.3. The maximum atomic E-state index is 13.5. The second-order valence-corrected chi connectivity index (χ2v) is 24.2. The molecule has 380 valence electrons. The molecular weight excluding hydrogens is 920 g/mol. The van der Waals surface area contributed by atoms with E-state index >= 15 is 0 Å². The summed E-state index contributed by atoms with van der Waals surface area (Å²) in [6.45, 7) is 5.21. The van der Waals surface area contributed by atoms with Crippen LogP contribution in [-0.2, 0) is 31.9 Å². The molecule has 0 unspecified atom stereocenters. The van der Waals surface area contributed by atoms with E-state index in [0.717, 1.165) is 98.9 Å². The fourth-order valence-corrected chi connectivity index (χ4v) is 11.4. The molecule has 0 bridgehead atoms. The summed E-state index contributed by atoms with van der Waals surface area (Å²) >= 11 is 0. The molecule has 2 aliphatic carbocycles. The molecule has 0 radical (unpaired) electrons. The Labute approximate surface area is 411 Å². The summed E-state index contributed by atoms with van der Waals surface area (Å²) in [5.74, 6) is 0. The van der Waals surface area contributed by atoms with E-state index in [1.165, 1.54) is 89.9 Å². The minimum absolute atomic E-state index is 0. The van der Waals surface area contributed by atoms with E-state index in [0.29, 0.717) is 49.8 Å². The third kappa shape index (κ3) is 17.0. The number of aryl methyl sites for hydroxylation is 2. The number of aromatic nitrogens is 4. The monoisotopic (exact) mass is 1000 g/mol. The molecule has 3 N–H and O–H groups in total. The molecule has 14 nitrogen and oxygen atoms in total. The number of benzene rings is 2. The number of sulfonamides is 1. The number of piperidine rings is 2. The number of likely N-dealkylation sites (tertiary alicyclic amines) is 2. The quantitative estimate of drug-likeness (QED) is 0.103. The highest BCUT2D eigenvalue weighted by atomic mass is 35.7. The Bertz CT molecular complexity index is 2500. The predicted octanol–water partition coefficient (Wildman–Crippen LogP) is 8.49. The molecule has 68 heavy (non-hydrogen) atoms. The van der Waals surface area contributed by atoms with Gasteiger partial charge in [-0.25, -0.2) is 31.5 Å². The minimum Gasteiger partial charge on any atom is -0.330 e. The first-order valence-corrected chi connectivity index (χ1v) is 29.8. The smallest absolute Gasteiger partial charge is 0.272 e. The molecule has 0 atom stereocenters. The summed E-state index contributed by atoms with van der Waals surface area (Å²) in [6.07, 6.45) is 27.8. The van der Waals surface area contributed by atoms with Gasteiger partial charge in [0.1, 0.15) is 11.4 Å². The lowest BCUT2D eigenvalue weighted by Crippen LogP contribution is -2.43. The van der Waals surface area contributed by atoms with Crippen LogP contribution in [0.25, 0.3) is 22.1 Å². The Morgan fingerprint density at radius 1 is 0.574 bits per heavy atom. The lowest BCUT2D eigenvalue weighted by Gasteiger charge is -2.39. The van der Waals surface area contributed by atoms with Crippen LogP contribution >= 0.6 is 10.7 Å². The summed E-state index contributed by atoms with van der Waals surface area (Å²) in [5, 5.41) is 0. The van der Waals surface area contributed by atoms with Gasteiger partial charge in [-0.15, -0.1) is 0 Å². The number of para-hydroxylation sites is 4. The molecule has 2 saturated carbocycles. The number of nitrogens with zero attached hydrogens (tertiary/aromatic N) is 6. The molecule has 0 amide bonds. The van der Waals surface area contributed by atoms with Crippen LogP contribution in [0.1, 0.15) is 159 Å². The molecule has 4 heterocycles. The first-order valence-electron chi connectivity index (χ1n) is 25.2. The average molecular weight is 1000 g/mol. The third-order valence-electron chi connectivity index (χ3n) is 14.2. The van der Waals surface area contributed by atoms with E-state index in [1.54, 1.807) is 0 Å². The van der Waals surface area contributed by atoms with Gasteiger partial charge in [-0.1, -0.05) is 95.9 Å². The topological polar surface area (TPSA) is 183 Å². The van der Waals surface area contributed by atoms with Crippen molar-refractivity contribution in [1.29, 1.82) is 0 Å². The van der Waals surface area contributed by atoms with Crippen molar-refractivity contribution in [3.8, 4) is 0 Å². The SMILES string of the molecule is C.CS(=O)(=O)Cl.CS(=O)(=O)NCCCc1nc2ccccc2n(C2CCN(C3CCCCCCC3)CC2)c1=O.NCCCc1nc2ccccc2n(C2CCN(C3CCCCCCC3)CC2)c1=O. The maximum Gasteiger partial charge on any atom is 0.272 e. The standard InChI is InChI=1S/C25H38N4O3S.C24H36N4O.CH3ClO2S.CH4/c1-33(31,32)26-17-9-13-23-25(30)29(24-14-8-7-12-22(24)27-23)21-15-18-28(19-16-21)20-10-5-3-2-4-6-11-20;25-16-8-12-22-24(29)28(23-13-7-6-11-21(23)26-22)20-14-17-27(18-15-20)19-9-4-2-1-3-5-10-19;1-5(2,3)4;/h7-8,12,14,20-21,26H,2-6,9-11,13,15-19H2,1H3;6-7,11,13,19-20H,1-5,8-10,12,14-18,25H2;1H3;1H4. The van der Waals surface area contributed by atoms with Crippen molar-refractivity contribution < 1.29 is 16.8 Å². The van der Waals surface area contributed by atoms with Crippen LogP contribution < -0.4 is 21.6 Å². The van der Waals surface area contributed by atoms with Crippen molar-refractivity contribution >= 4 is 51.8 Å². The molecular formula is C51H81ClN8O6S2. The number of hydrogen-bond donors (Lipinski definition) is 2. The van der Waals surface area contributed by atoms with Crippen molar-refractivity contribution in [3.05, 3.63) is 80.6 Å². The summed E-state index contributed by atoms with van der Waals surface area (Å²) in [7, 11) is -1.92. The van der Waals surface area contributed by atoms with Gasteiger partial charge in [-0.3, -0.25) is 9.59 Å². The number of fused-ring (bicyclic) bond motifs is 2. The highest BCUT2D eigenvalue weighted by molar-refractivity contribution is 8.13. The van der Waals surface area contributed by atoms with E-state index in [-0.39, 0.29) is 30.6 Å². The van der Waals surface area contributed by atoms with Gasteiger partial charge in [0.15, 0.2) is 0 Å². The Balaban J connectivity index is 0.000000230. The van der Waals surface area contributed by atoms with Crippen LogP contribution in [0.2, 0.25) is 0 Å². The Hall–Kier alpha value is -3.25. The van der Waals surface area contributed by atoms with Crippen molar-refractivity contribution in [1.82, 2.24) is 33.6 Å². The van der Waals surface area contributed by atoms with Crippen LogP contribution in [0.15, 0.2) is 58.1 Å². The van der Waals surface area contributed by atoms with Gasteiger partial charge in [0.05, 0.1) is 34.6 Å². The van der Waals surface area contributed by atoms with Gasteiger partial charge >= 0.3 is 0 Å². The molecule has 2 aliphatic heterocycles. The van der Waals surface area contributed by atoms with Crippen molar-refractivity contribution in [3.63, 3.8) is 0 Å². The van der Waals surface area contributed by atoms with E-state index < -0.39 is 19.1 Å². The van der Waals surface area contributed by atoms with Gasteiger partial charge in [0.2, 0.25) is 19.1 Å². The Morgan fingerprint density at radius 2 is 0.926 bits per heavy atom. The first-order chi connectivity index (χ1) is 32.2. The molecule has 8 rings (SSSR count). The summed E-state index contributed by atoms with van der Waals surface area (Å²) in [5.41, 5.74) is 10.6. The Kier molecular flexibility index (Phi) is 22.4. The van der Waals surface area contributed by atoms with Crippen LogP contribution in [0, 0.1) is 0 Å². The first kappa shape index (κ1) is 55.7. The molecule has 4 aromatic rings. The van der Waals surface area contributed by atoms with Gasteiger partial charge in [-0.2, -0.15) is 0 Å². The normalized spacial score (nSPS) is 19.4. The van der Waals surface area contributed by atoms with Crippen LogP contribution in [0.5, 0.6) is 0 Å². The second kappa shape index (κ2) is 27.4. The van der Waals surface area contributed by atoms with Gasteiger partial charge in [-0.05, 0) is 108 Å². The van der Waals surface area contributed by atoms with E-state index in [1.807, 2.05) is 47.0 Å². The third-order valence-corrected chi connectivity index (χ3v) is 14.9. The number of hydrogen-bond acceptors (Lipinski definition) is 11. The zero-order valence-corrected chi connectivity index (χ0v) is 42.5. The van der Waals surface area contributed by atoms with Crippen LogP contribution in [0.3, 0.4) is 0 Å². The van der Waals surface area contributed by atoms with Crippen molar-refractivity contribution in [2.24, 2.45) is 5.73 Å². The lowest BCUT2D eigenvalue weighted by atomic mass is 9.93. The largest absolute Gasteiger partial charge is 0.330 e. The molecule has 2 saturated heterocycles. The molecule has 2 aromatic heterocycles. The predicted molar refractivity (Wildman–Crippen MR) is 280 cm³/mol. The average Bonchev–Trinajstić information content (AvgIpc) is 3.27. The summed E-state index contributed by atoms with van der Waals surface area (Å²) in [4.78, 5) is 41.5. The zero-order valence-electron chi connectivity index (χ0n) is 40.1. The van der Waals surface area contributed by atoms with Crippen LogP contribution in [0.4, 0.5) is 0 Å². The maximum absolute atomic E-state index is 13.5. The zero-order chi connectivity index (χ0) is 47.8. The highest BCUT2D eigenvalue weighted by Crippen LogP contribution is 2.31. The summed E-state index contributed by atoms with van der Waals surface area (Å²) in [6, 6.07) is 17.9. The molecule has 4 fully saturated rings. The lowest BCUT2D eigenvalue weighted by molar-refractivity contribution is 0.115. The summed E-state index contributed by atoms with van der Waals surface area (Å²) < 4.78 is 48.0. The van der Waals surface area contributed by atoms with Crippen LogP contribution in [-0.4, -0.2) is 110 Å². The van der Waals surface area contributed by atoms with Crippen molar-refractivity contribution in [2.75, 3.05) is 51.8 Å². The molecule has 4 aliphatic rings. The molecule has 0 spiro atoms. The van der Waals surface area contributed by atoms with Gasteiger partial charge in [0.25, 0.3) is 11.1 Å². The number of nitrogens with two attached hydrogens (primary N) is 1. The van der Waals surface area contributed by atoms with Gasteiger partial charge in [0, 0.05) is 67.6 Å². The highest BCUT2D eigenvalue weighted by Gasteiger charge is 2.30. The number of rotatable bonds is 12. The van der Waals surface area contributed by atoms with Gasteiger partial charge < -0.3 is 24.7 Å². The fourth-order valence-electron chi connectivity index (χ4n) is 10.9. The van der Waals surface area contributed by atoms with E-state index in [4.69, 9.17) is 5.73 Å². The van der Waals surface area contributed by atoms with E-state index in [2.05, 4.69) is 45.8 Å². The fraction of sp³-hybridized carbons (Fsp3) is 0.686. The number of halogens is 1.